The number of anilines is 1. The highest BCUT2D eigenvalue weighted by atomic mass is 16.5. The van der Waals surface area contributed by atoms with Crippen LogP contribution in [0.2, 0.25) is 0 Å². The largest absolute Gasteiger partial charge is 0.454 e. The Hall–Kier alpha value is -1.77. The number of nitrogens with two attached hydrogens (primary N) is 1. The lowest BCUT2D eigenvalue weighted by Gasteiger charge is -2.13. The number of aliphatic imine (C=N–C) groups is 1. The van der Waals surface area contributed by atoms with Crippen molar-refractivity contribution in [1.29, 1.82) is 0 Å². The SMILES string of the molecule is CC1=NC=C1Oc1cccc(N)c1. The second kappa shape index (κ2) is 2.94. The van der Waals surface area contributed by atoms with Gasteiger partial charge in [-0.1, -0.05) is 6.07 Å². The van der Waals surface area contributed by atoms with Crippen LogP contribution in [0.5, 0.6) is 5.75 Å². The summed E-state index contributed by atoms with van der Waals surface area (Å²) in [5.41, 5.74) is 7.22. The average molecular weight is 174 g/mol. The van der Waals surface area contributed by atoms with Crippen molar-refractivity contribution < 1.29 is 4.74 Å². The van der Waals surface area contributed by atoms with E-state index in [1.54, 1.807) is 12.3 Å². The second-order valence-electron chi connectivity index (χ2n) is 2.88. The van der Waals surface area contributed by atoms with Crippen molar-refractivity contribution >= 4 is 11.4 Å². The van der Waals surface area contributed by atoms with Crippen molar-refractivity contribution in [2.45, 2.75) is 6.92 Å². The zero-order valence-electron chi connectivity index (χ0n) is 7.32. The first-order valence-corrected chi connectivity index (χ1v) is 4.04. The molecule has 0 aromatic heterocycles. The van der Waals surface area contributed by atoms with Crippen LogP contribution in [0.3, 0.4) is 0 Å². The van der Waals surface area contributed by atoms with E-state index in [1.165, 1.54) is 0 Å². The first kappa shape index (κ1) is 7.86. The van der Waals surface area contributed by atoms with Gasteiger partial charge >= 0.3 is 0 Å². The highest BCUT2D eigenvalue weighted by Crippen LogP contribution is 2.20. The molecule has 1 heterocycles. The Morgan fingerprint density at radius 3 is 2.77 bits per heavy atom. The number of nitrogen functional groups attached to an aromatic ring is 1. The van der Waals surface area contributed by atoms with Crippen molar-refractivity contribution in [3.8, 4) is 5.75 Å². The van der Waals surface area contributed by atoms with Gasteiger partial charge in [-0.05, 0) is 19.1 Å². The summed E-state index contributed by atoms with van der Waals surface area (Å²) in [5, 5.41) is 0. The fourth-order valence-electron chi connectivity index (χ4n) is 1.05. The molecule has 1 aromatic carbocycles. The maximum Gasteiger partial charge on any atom is 0.166 e. The van der Waals surface area contributed by atoms with Crippen LogP contribution in [0.15, 0.2) is 41.2 Å². The zero-order valence-corrected chi connectivity index (χ0v) is 7.32. The molecule has 3 heteroatoms. The third-order valence-electron chi connectivity index (χ3n) is 1.82. The average Bonchev–Trinajstić information content (AvgIpc) is 2.12. The fourth-order valence-corrected chi connectivity index (χ4v) is 1.05. The van der Waals surface area contributed by atoms with Gasteiger partial charge in [0.05, 0.1) is 11.9 Å². The summed E-state index contributed by atoms with van der Waals surface area (Å²) in [6.07, 6.45) is 1.69. The van der Waals surface area contributed by atoms with E-state index in [2.05, 4.69) is 4.99 Å². The lowest BCUT2D eigenvalue weighted by Crippen LogP contribution is -2.11. The van der Waals surface area contributed by atoms with Crippen molar-refractivity contribution in [2.24, 2.45) is 4.99 Å². The predicted molar refractivity (Wildman–Crippen MR) is 52.7 cm³/mol. The molecule has 0 aliphatic carbocycles. The number of benzene rings is 1. The van der Waals surface area contributed by atoms with E-state index in [9.17, 15) is 0 Å². The Kier molecular flexibility index (Phi) is 1.77. The number of hydrogen-bond acceptors (Lipinski definition) is 3. The number of nitrogens with zero attached hydrogens (tertiary/aromatic N) is 1. The normalized spacial score (nSPS) is 14.2. The van der Waals surface area contributed by atoms with Crippen molar-refractivity contribution in [3.63, 3.8) is 0 Å². The monoisotopic (exact) mass is 174 g/mol. The van der Waals surface area contributed by atoms with Gasteiger partial charge in [-0.25, -0.2) is 0 Å². The topological polar surface area (TPSA) is 47.6 Å². The van der Waals surface area contributed by atoms with Gasteiger partial charge in [0.25, 0.3) is 0 Å². The molecule has 0 radical (unpaired) electrons. The Labute approximate surface area is 76.5 Å². The lowest BCUT2D eigenvalue weighted by atomic mass is 10.2. The molecule has 0 amide bonds. The van der Waals surface area contributed by atoms with Crippen LogP contribution in [-0.2, 0) is 0 Å². The molecular formula is C10H10N2O. The van der Waals surface area contributed by atoms with Gasteiger partial charge in [0.1, 0.15) is 5.75 Å². The fraction of sp³-hybridized carbons (Fsp3) is 0.100. The number of hydrogen-bond donors (Lipinski definition) is 1. The molecule has 1 aliphatic rings. The first-order valence-electron chi connectivity index (χ1n) is 4.04. The van der Waals surface area contributed by atoms with Crippen molar-refractivity contribution in [2.75, 3.05) is 5.73 Å². The number of rotatable bonds is 2. The third kappa shape index (κ3) is 1.54. The molecule has 0 saturated heterocycles. The van der Waals surface area contributed by atoms with Crippen LogP contribution in [0.25, 0.3) is 0 Å². The summed E-state index contributed by atoms with van der Waals surface area (Å²) in [6.45, 7) is 1.90. The van der Waals surface area contributed by atoms with Gasteiger partial charge in [0.15, 0.2) is 5.76 Å². The smallest absolute Gasteiger partial charge is 0.166 e. The summed E-state index contributed by atoms with van der Waals surface area (Å²) < 4.78 is 5.49. The van der Waals surface area contributed by atoms with E-state index >= 15 is 0 Å². The molecule has 66 valence electrons. The van der Waals surface area contributed by atoms with Crippen LogP contribution < -0.4 is 10.5 Å². The molecule has 0 unspecified atom stereocenters. The molecule has 0 fully saturated rings. The second-order valence-corrected chi connectivity index (χ2v) is 2.88. The lowest BCUT2D eigenvalue weighted by molar-refractivity contribution is 0.446. The highest BCUT2D eigenvalue weighted by molar-refractivity contribution is 6.01. The summed E-state index contributed by atoms with van der Waals surface area (Å²) in [6, 6.07) is 7.33. The zero-order chi connectivity index (χ0) is 9.26. The molecule has 3 nitrogen and oxygen atoms in total. The number of ether oxygens (including phenoxy) is 1. The maximum absolute atomic E-state index is 5.60. The molecule has 2 rings (SSSR count). The van der Waals surface area contributed by atoms with Gasteiger partial charge in [-0.2, -0.15) is 0 Å². The summed E-state index contributed by atoms with van der Waals surface area (Å²) >= 11 is 0. The van der Waals surface area contributed by atoms with Gasteiger partial charge in [0, 0.05) is 11.8 Å². The minimum atomic E-state index is 0.701. The quantitative estimate of drug-likeness (QED) is 0.697. The van der Waals surface area contributed by atoms with Crippen LogP contribution in [0.1, 0.15) is 6.92 Å². The van der Waals surface area contributed by atoms with E-state index < -0.39 is 0 Å². The van der Waals surface area contributed by atoms with Gasteiger partial charge in [-0.15, -0.1) is 0 Å². The van der Waals surface area contributed by atoms with E-state index in [-0.39, 0.29) is 0 Å². The van der Waals surface area contributed by atoms with Crippen LogP contribution in [0, 0.1) is 0 Å². The molecule has 2 N–H and O–H groups in total. The number of allylic oxidation sites excluding steroid dienone is 1. The van der Waals surface area contributed by atoms with Gasteiger partial charge in [0.2, 0.25) is 0 Å². The Morgan fingerprint density at radius 2 is 2.23 bits per heavy atom. The summed E-state index contributed by atoms with van der Waals surface area (Å²) in [4.78, 5) is 3.97. The Bertz CT molecular complexity index is 394. The highest BCUT2D eigenvalue weighted by Gasteiger charge is 2.10. The van der Waals surface area contributed by atoms with Crippen LogP contribution in [-0.4, -0.2) is 5.71 Å². The standard InChI is InChI=1S/C10H10N2O/c1-7-10(6-12-7)13-9-4-2-3-8(11)5-9/h2-6H,11H2,1H3. The minimum Gasteiger partial charge on any atom is -0.454 e. The van der Waals surface area contributed by atoms with Crippen LogP contribution >= 0.6 is 0 Å². The van der Waals surface area contributed by atoms with Crippen LogP contribution in [0.4, 0.5) is 5.69 Å². The Balaban J connectivity index is 2.11. The van der Waals surface area contributed by atoms with Gasteiger partial charge < -0.3 is 10.5 Å². The molecule has 1 aromatic rings. The molecule has 0 bridgehead atoms. The third-order valence-corrected chi connectivity index (χ3v) is 1.82. The first-order chi connectivity index (χ1) is 6.25. The molecule has 0 atom stereocenters. The van der Waals surface area contributed by atoms with E-state index in [0.29, 0.717) is 5.69 Å². The molecule has 13 heavy (non-hydrogen) atoms. The summed E-state index contributed by atoms with van der Waals surface area (Å²) in [5.74, 6) is 1.56. The van der Waals surface area contributed by atoms with Crippen molar-refractivity contribution in [1.82, 2.24) is 0 Å². The van der Waals surface area contributed by atoms with E-state index in [4.69, 9.17) is 10.5 Å². The minimum absolute atomic E-state index is 0.701. The molecule has 0 spiro atoms. The van der Waals surface area contributed by atoms with E-state index in [0.717, 1.165) is 17.2 Å². The molecular weight excluding hydrogens is 164 g/mol. The maximum atomic E-state index is 5.60. The molecule has 1 aliphatic heterocycles. The van der Waals surface area contributed by atoms with Gasteiger partial charge in [-0.3, -0.25) is 4.99 Å². The van der Waals surface area contributed by atoms with E-state index in [1.807, 2.05) is 25.1 Å². The predicted octanol–water partition coefficient (Wildman–Crippen LogP) is 1.96. The Morgan fingerprint density at radius 1 is 1.38 bits per heavy atom. The summed E-state index contributed by atoms with van der Waals surface area (Å²) in [7, 11) is 0. The van der Waals surface area contributed by atoms with Crippen molar-refractivity contribution in [3.05, 3.63) is 36.2 Å². The molecule has 0 saturated carbocycles.